The standard InChI is InChI=1S/C8H7N3O2S/c1-12-6-5(3-2-4-9-6)7-10-11-8(14)13-7/h2-4H,1H3,(H,11,14). The molecule has 72 valence electrons. The maximum absolute atomic E-state index is 5.14. The highest BCUT2D eigenvalue weighted by Gasteiger charge is 2.10. The second-order valence-corrected chi connectivity index (χ2v) is 2.85. The molecule has 2 rings (SSSR count). The summed E-state index contributed by atoms with van der Waals surface area (Å²) in [5.74, 6) is 0.831. The Bertz CT molecular complexity index is 491. The van der Waals surface area contributed by atoms with Gasteiger partial charge in [-0.15, -0.1) is 5.10 Å². The van der Waals surface area contributed by atoms with Gasteiger partial charge >= 0.3 is 0 Å². The third-order valence-corrected chi connectivity index (χ3v) is 1.81. The van der Waals surface area contributed by atoms with Crippen LogP contribution in [-0.2, 0) is 0 Å². The van der Waals surface area contributed by atoms with Crippen molar-refractivity contribution in [3.05, 3.63) is 23.2 Å². The first-order chi connectivity index (χ1) is 6.81. The van der Waals surface area contributed by atoms with Crippen LogP contribution >= 0.6 is 12.2 Å². The number of pyridine rings is 1. The molecule has 0 aliphatic rings. The number of methoxy groups -OCH3 is 1. The zero-order chi connectivity index (χ0) is 9.97. The second-order valence-electron chi connectivity index (χ2n) is 2.48. The Hall–Kier alpha value is -1.69. The predicted molar refractivity (Wildman–Crippen MR) is 51.5 cm³/mol. The van der Waals surface area contributed by atoms with Gasteiger partial charge in [-0.1, -0.05) is 0 Å². The number of H-pyrrole nitrogens is 1. The van der Waals surface area contributed by atoms with E-state index in [0.717, 1.165) is 0 Å². The lowest BCUT2D eigenvalue weighted by atomic mass is 10.3. The molecule has 0 bridgehead atoms. The summed E-state index contributed by atoms with van der Waals surface area (Å²) in [4.78, 5) is 4.24. The molecule has 0 saturated heterocycles. The van der Waals surface area contributed by atoms with Gasteiger partial charge in [0.2, 0.25) is 5.88 Å². The van der Waals surface area contributed by atoms with Crippen molar-refractivity contribution in [2.75, 3.05) is 7.11 Å². The lowest BCUT2D eigenvalue weighted by Crippen LogP contribution is -1.90. The summed E-state index contributed by atoms with van der Waals surface area (Å²) in [6, 6.07) is 3.56. The molecule has 0 aromatic carbocycles. The van der Waals surface area contributed by atoms with Gasteiger partial charge in [0.25, 0.3) is 10.7 Å². The fourth-order valence-electron chi connectivity index (χ4n) is 1.06. The molecule has 2 aromatic heterocycles. The molecule has 2 aromatic rings. The maximum atomic E-state index is 5.14. The van der Waals surface area contributed by atoms with Gasteiger partial charge in [-0.2, -0.15) is 0 Å². The molecule has 0 amide bonds. The number of hydrogen-bond donors (Lipinski definition) is 1. The zero-order valence-electron chi connectivity index (χ0n) is 7.35. The van der Waals surface area contributed by atoms with E-state index in [1.54, 1.807) is 18.3 Å². The molecule has 14 heavy (non-hydrogen) atoms. The first-order valence-electron chi connectivity index (χ1n) is 3.86. The minimum atomic E-state index is 0.228. The largest absolute Gasteiger partial charge is 0.480 e. The van der Waals surface area contributed by atoms with E-state index in [-0.39, 0.29) is 4.84 Å². The highest BCUT2D eigenvalue weighted by Crippen LogP contribution is 2.25. The average molecular weight is 209 g/mol. The van der Waals surface area contributed by atoms with Crippen molar-refractivity contribution in [3.63, 3.8) is 0 Å². The molecule has 0 fully saturated rings. The smallest absolute Gasteiger partial charge is 0.284 e. The molecule has 0 aliphatic heterocycles. The fourth-order valence-corrected chi connectivity index (χ4v) is 1.19. The molecule has 6 heteroatoms. The molecule has 0 aliphatic carbocycles. The Kier molecular flexibility index (Phi) is 2.28. The summed E-state index contributed by atoms with van der Waals surface area (Å²) in [7, 11) is 1.53. The number of nitrogens with one attached hydrogen (secondary N) is 1. The molecule has 1 N–H and O–H groups in total. The quantitative estimate of drug-likeness (QED) is 0.764. The van der Waals surface area contributed by atoms with Crippen molar-refractivity contribution in [1.82, 2.24) is 15.2 Å². The van der Waals surface area contributed by atoms with Crippen LogP contribution in [0.3, 0.4) is 0 Å². The van der Waals surface area contributed by atoms with Crippen LogP contribution in [0.1, 0.15) is 0 Å². The van der Waals surface area contributed by atoms with E-state index in [9.17, 15) is 0 Å². The van der Waals surface area contributed by atoms with Crippen LogP contribution in [-0.4, -0.2) is 22.3 Å². The normalized spacial score (nSPS) is 10.1. The van der Waals surface area contributed by atoms with Crippen LogP contribution in [0.4, 0.5) is 0 Å². The Labute approximate surface area is 84.7 Å². The minimum Gasteiger partial charge on any atom is -0.480 e. The summed E-state index contributed by atoms with van der Waals surface area (Å²) in [6.07, 6.45) is 1.63. The van der Waals surface area contributed by atoms with Gasteiger partial charge < -0.3 is 9.15 Å². The third-order valence-electron chi connectivity index (χ3n) is 1.63. The van der Waals surface area contributed by atoms with Crippen molar-refractivity contribution in [2.45, 2.75) is 0 Å². The van der Waals surface area contributed by atoms with Crippen LogP contribution in [0.5, 0.6) is 5.88 Å². The van der Waals surface area contributed by atoms with Crippen LogP contribution in [0.2, 0.25) is 0 Å². The Balaban J connectivity index is 2.55. The summed E-state index contributed by atoms with van der Waals surface area (Å²) < 4.78 is 10.2. The molecule has 5 nitrogen and oxygen atoms in total. The van der Waals surface area contributed by atoms with E-state index in [2.05, 4.69) is 15.2 Å². The van der Waals surface area contributed by atoms with Crippen molar-refractivity contribution < 1.29 is 9.15 Å². The lowest BCUT2D eigenvalue weighted by molar-refractivity contribution is 0.397. The Morgan fingerprint density at radius 3 is 3.07 bits per heavy atom. The van der Waals surface area contributed by atoms with Crippen LogP contribution in [0.15, 0.2) is 22.7 Å². The van der Waals surface area contributed by atoms with E-state index in [0.29, 0.717) is 17.3 Å². The number of aromatic amines is 1. The van der Waals surface area contributed by atoms with Crippen molar-refractivity contribution >= 4 is 12.2 Å². The van der Waals surface area contributed by atoms with Crippen molar-refractivity contribution in [1.29, 1.82) is 0 Å². The topological polar surface area (TPSA) is 63.9 Å². The molecule has 0 radical (unpaired) electrons. The van der Waals surface area contributed by atoms with Crippen LogP contribution in [0.25, 0.3) is 11.5 Å². The van der Waals surface area contributed by atoms with E-state index in [1.807, 2.05) is 0 Å². The molecule has 0 atom stereocenters. The molecule has 0 unspecified atom stereocenters. The summed E-state index contributed by atoms with van der Waals surface area (Å²) in [6.45, 7) is 0. The van der Waals surface area contributed by atoms with Gasteiger partial charge in [-0.25, -0.2) is 10.1 Å². The monoisotopic (exact) mass is 209 g/mol. The van der Waals surface area contributed by atoms with Gasteiger partial charge in [0.15, 0.2) is 0 Å². The average Bonchev–Trinajstić information content (AvgIpc) is 2.65. The van der Waals surface area contributed by atoms with Gasteiger partial charge in [0.1, 0.15) is 5.56 Å². The van der Waals surface area contributed by atoms with Gasteiger partial charge in [-0.3, -0.25) is 0 Å². The molecule has 0 spiro atoms. The Morgan fingerprint density at radius 1 is 1.57 bits per heavy atom. The lowest BCUT2D eigenvalue weighted by Gasteiger charge is -2.01. The van der Waals surface area contributed by atoms with Gasteiger partial charge in [-0.05, 0) is 24.4 Å². The number of rotatable bonds is 2. The SMILES string of the molecule is COc1ncccc1-c1n[nH]c(=S)o1. The number of aromatic nitrogens is 3. The zero-order valence-corrected chi connectivity index (χ0v) is 8.17. The first kappa shape index (κ1) is 8.89. The third kappa shape index (κ3) is 1.51. The minimum absolute atomic E-state index is 0.228. The number of ether oxygens (including phenoxy) is 1. The molecular weight excluding hydrogens is 202 g/mol. The summed E-state index contributed by atoms with van der Waals surface area (Å²) in [5.41, 5.74) is 0.669. The van der Waals surface area contributed by atoms with Crippen molar-refractivity contribution in [3.8, 4) is 17.3 Å². The number of nitrogens with zero attached hydrogens (tertiary/aromatic N) is 2. The fraction of sp³-hybridized carbons (Fsp3) is 0.125. The highest BCUT2D eigenvalue weighted by atomic mass is 32.1. The summed E-state index contributed by atoms with van der Waals surface area (Å²) in [5, 5.41) is 6.41. The van der Waals surface area contributed by atoms with Crippen LogP contribution < -0.4 is 4.74 Å². The Morgan fingerprint density at radius 2 is 2.43 bits per heavy atom. The van der Waals surface area contributed by atoms with E-state index in [1.165, 1.54) is 7.11 Å². The highest BCUT2D eigenvalue weighted by molar-refractivity contribution is 7.71. The number of hydrogen-bond acceptors (Lipinski definition) is 5. The predicted octanol–water partition coefficient (Wildman–Crippen LogP) is 1.80. The molecular formula is C8H7N3O2S. The summed E-state index contributed by atoms with van der Waals surface area (Å²) >= 11 is 4.77. The van der Waals surface area contributed by atoms with Crippen molar-refractivity contribution in [2.24, 2.45) is 0 Å². The van der Waals surface area contributed by atoms with Gasteiger partial charge in [0.05, 0.1) is 7.11 Å². The molecule has 0 saturated carbocycles. The van der Waals surface area contributed by atoms with E-state index < -0.39 is 0 Å². The van der Waals surface area contributed by atoms with E-state index >= 15 is 0 Å². The molecule has 2 heterocycles. The second kappa shape index (κ2) is 3.59. The first-order valence-corrected chi connectivity index (χ1v) is 4.27. The van der Waals surface area contributed by atoms with E-state index in [4.69, 9.17) is 21.4 Å². The van der Waals surface area contributed by atoms with Crippen LogP contribution in [0, 0.1) is 4.84 Å². The maximum Gasteiger partial charge on any atom is 0.284 e. The van der Waals surface area contributed by atoms with Gasteiger partial charge in [0, 0.05) is 6.20 Å².